The van der Waals surface area contributed by atoms with Crippen LogP contribution in [0, 0.1) is 17.0 Å². The van der Waals surface area contributed by atoms with Gasteiger partial charge >= 0.3 is 0 Å². The van der Waals surface area contributed by atoms with Crippen molar-refractivity contribution in [3.63, 3.8) is 0 Å². The van der Waals surface area contributed by atoms with Crippen molar-refractivity contribution in [2.45, 2.75) is 26.4 Å². The van der Waals surface area contributed by atoms with Crippen LogP contribution in [-0.2, 0) is 0 Å². The molecule has 0 spiro atoms. The Balaban J connectivity index is 2.39. The molecule has 0 aliphatic carbocycles. The third-order valence-electron chi connectivity index (χ3n) is 3.01. The van der Waals surface area contributed by atoms with Crippen molar-refractivity contribution in [3.05, 3.63) is 40.1 Å². The predicted molar refractivity (Wildman–Crippen MR) is 77.9 cm³/mol. The number of nitro benzene ring substituents is 1. The molecule has 1 aromatic heterocycles. The number of hydrogen-bond acceptors (Lipinski definition) is 5. The molecule has 0 fully saturated rings. The van der Waals surface area contributed by atoms with Crippen molar-refractivity contribution in [2.75, 3.05) is 11.9 Å². The highest BCUT2D eigenvalue weighted by Gasteiger charge is 2.10. The molecule has 20 heavy (non-hydrogen) atoms. The van der Waals surface area contributed by atoms with Crippen LogP contribution in [0.2, 0.25) is 0 Å². The van der Waals surface area contributed by atoms with E-state index in [1.54, 1.807) is 13.0 Å². The number of anilines is 1. The molecule has 1 heterocycles. The minimum Gasteiger partial charge on any atom is -0.393 e. The number of aryl methyl sites for hydroxylation is 1. The van der Waals surface area contributed by atoms with Crippen molar-refractivity contribution in [1.82, 2.24) is 4.98 Å². The molecule has 106 valence electrons. The fourth-order valence-corrected chi connectivity index (χ4v) is 2.02. The van der Waals surface area contributed by atoms with E-state index < -0.39 is 4.92 Å². The van der Waals surface area contributed by atoms with Crippen LogP contribution in [-0.4, -0.2) is 27.7 Å². The van der Waals surface area contributed by atoms with E-state index in [0.29, 0.717) is 13.0 Å². The summed E-state index contributed by atoms with van der Waals surface area (Å²) in [6, 6.07) is 6.48. The van der Waals surface area contributed by atoms with E-state index in [9.17, 15) is 15.2 Å². The molecule has 1 unspecified atom stereocenters. The van der Waals surface area contributed by atoms with Crippen molar-refractivity contribution >= 4 is 22.3 Å². The van der Waals surface area contributed by atoms with Gasteiger partial charge in [0.15, 0.2) is 0 Å². The van der Waals surface area contributed by atoms with Crippen molar-refractivity contribution in [3.8, 4) is 0 Å². The van der Waals surface area contributed by atoms with Gasteiger partial charge in [0.1, 0.15) is 0 Å². The summed E-state index contributed by atoms with van der Waals surface area (Å²) in [4.78, 5) is 14.8. The zero-order valence-corrected chi connectivity index (χ0v) is 11.5. The van der Waals surface area contributed by atoms with E-state index in [1.807, 2.05) is 13.0 Å². The van der Waals surface area contributed by atoms with E-state index in [-0.39, 0.29) is 11.8 Å². The summed E-state index contributed by atoms with van der Waals surface area (Å²) in [6.45, 7) is 4.20. The van der Waals surface area contributed by atoms with Gasteiger partial charge < -0.3 is 10.4 Å². The second kappa shape index (κ2) is 5.83. The van der Waals surface area contributed by atoms with Crippen LogP contribution < -0.4 is 5.32 Å². The highest BCUT2D eigenvalue weighted by Crippen LogP contribution is 2.27. The standard InChI is InChI=1S/C14H17N3O3/c1-9-7-14(15-6-5-10(2)18)12-8-11(17(19)20)3-4-13(12)16-9/h3-4,7-8,10,18H,5-6H2,1-2H3,(H,15,16). The first kappa shape index (κ1) is 14.2. The summed E-state index contributed by atoms with van der Waals surface area (Å²) in [6.07, 6.45) is 0.226. The number of aliphatic hydroxyl groups is 1. The first-order chi connectivity index (χ1) is 9.47. The smallest absolute Gasteiger partial charge is 0.270 e. The average Bonchev–Trinajstić information content (AvgIpc) is 2.37. The fourth-order valence-electron chi connectivity index (χ4n) is 2.02. The molecule has 2 N–H and O–H groups in total. The van der Waals surface area contributed by atoms with Crippen LogP contribution in [0.15, 0.2) is 24.3 Å². The average molecular weight is 275 g/mol. The van der Waals surface area contributed by atoms with Crippen LogP contribution in [0.1, 0.15) is 19.0 Å². The Kier molecular flexibility index (Phi) is 4.14. The van der Waals surface area contributed by atoms with Crippen molar-refractivity contribution < 1.29 is 10.0 Å². The first-order valence-corrected chi connectivity index (χ1v) is 6.45. The maximum atomic E-state index is 10.9. The number of nitrogens with zero attached hydrogens (tertiary/aromatic N) is 2. The second-order valence-corrected chi connectivity index (χ2v) is 4.83. The van der Waals surface area contributed by atoms with Gasteiger partial charge in [0.25, 0.3) is 5.69 Å². The molecule has 0 bridgehead atoms. The molecular formula is C14H17N3O3. The lowest BCUT2D eigenvalue weighted by molar-refractivity contribution is -0.384. The summed E-state index contributed by atoms with van der Waals surface area (Å²) in [5, 5.41) is 24.1. The van der Waals surface area contributed by atoms with E-state index in [2.05, 4.69) is 10.3 Å². The molecule has 1 atom stereocenters. The lowest BCUT2D eigenvalue weighted by Crippen LogP contribution is -2.10. The molecule has 2 rings (SSSR count). The van der Waals surface area contributed by atoms with E-state index >= 15 is 0 Å². The molecule has 0 saturated carbocycles. The van der Waals surface area contributed by atoms with E-state index in [0.717, 1.165) is 22.3 Å². The first-order valence-electron chi connectivity index (χ1n) is 6.45. The van der Waals surface area contributed by atoms with Crippen molar-refractivity contribution in [2.24, 2.45) is 0 Å². The van der Waals surface area contributed by atoms with Gasteiger partial charge in [-0.05, 0) is 32.4 Å². The lowest BCUT2D eigenvalue weighted by Gasteiger charge is -2.11. The summed E-state index contributed by atoms with van der Waals surface area (Å²) < 4.78 is 0. The number of hydrogen-bond donors (Lipinski definition) is 2. The quantitative estimate of drug-likeness (QED) is 0.647. The topological polar surface area (TPSA) is 88.3 Å². The number of pyridine rings is 1. The van der Waals surface area contributed by atoms with Gasteiger partial charge in [-0.2, -0.15) is 0 Å². The molecule has 0 aliphatic heterocycles. The number of fused-ring (bicyclic) bond motifs is 1. The number of non-ortho nitro benzene ring substituents is 1. The third-order valence-corrected chi connectivity index (χ3v) is 3.01. The molecule has 6 nitrogen and oxygen atoms in total. The Morgan fingerprint density at radius 3 is 2.85 bits per heavy atom. The zero-order chi connectivity index (χ0) is 14.7. The molecule has 6 heteroatoms. The Bertz CT molecular complexity index is 641. The van der Waals surface area contributed by atoms with Crippen LogP contribution in [0.5, 0.6) is 0 Å². The van der Waals surface area contributed by atoms with Crippen LogP contribution in [0.4, 0.5) is 11.4 Å². The third kappa shape index (κ3) is 3.21. The van der Waals surface area contributed by atoms with Gasteiger partial charge in [-0.1, -0.05) is 0 Å². The minimum atomic E-state index is -0.418. The summed E-state index contributed by atoms with van der Waals surface area (Å²) >= 11 is 0. The molecule has 0 saturated heterocycles. The van der Waals surface area contributed by atoms with Gasteiger partial charge in [0.2, 0.25) is 0 Å². The lowest BCUT2D eigenvalue weighted by atomic mass is 10.1. The Morgan fingerprint density at radius 2 is 2.20 bits per heavy atom. The SMILES string of the molecule is Cc1cc(NCCC(C)O)c2cc([N+](=O)[O-])ccc2n1. The highest BCUT2D eigenvalue weighted by molar-refractivity contribution is 5.93. The van der Waals surface area contributed by atoms with Crippen LogP contribution >= 0.6 is 0 Å². The van der Waals surface area contributed by atoms with Gasteiger partial charge in [-0.15, -0.1) is 0 Å². The summed E-state index contributed by atoms with van der Waals surface area (Å²) in [5.41, 5.74) is 2.40. The molecular weight excluding hydrogens is 258 g/mol. The van der Waals surface area contributed by atoms with E-state index in [1.165, 1.54) is 12.1 Å². The summed E-state index contributed by atoms with van der Waals surface area (Å²) in [7, 11) is 0. The van der Waals surface area contributed by atoms with E-state index in [4.69, 9.17) is 0 Å². The molecule has 0 radical (unpaired) electrons. The number of aromatic nitrogens is 1. The molecule has 1 aromatic carbocycles. The molecule has 2 aromatic rings. The maximum absolute atomic E-state index is 10.9. The van der Waals surface area contributed by atoms with Crippen LogP contribution in [0.25, 0.3) is 10.9 Å². The van der Waals surface area contributed by atoms with Gasteiger partial charge in [-0.25, -0.2) is 0 Å². The number of aliphatic hydroxyl groups excluding tert-OH is 1. The molecule has 0 aliphatic rings. The van der Waals surface area contributed by atoms with Gasteiger partial charge in [0.05, 0.1) is 16.5 Å². The number of nitrogens with one attached hydrogen (secondary N) is 1. The monoisotopic (exact) mass is 275 g/mol. The largest absolute Gasteiger partial charge is 0.393 e. The van der Waals surface area contributed by atoms with Gasteiger partial charge in [-0.3, -0.25) is 15.1 Å². The Hall–Kier alpha value is -2.21. The summed E-state index contributed by atoms with van der Waals surface area (Å²) in [5.74, 6) is 0. The number of rotatable bonds is 5. The number of nitro groups is 1. The zero-order valence-electron chi connectivity index (χ0n) is 11.5. The normalized spacial score (nSPS) is 12.3. The van der Waals surface area contributed by atoms with Crippen molar-refractivity contribution in [1.29, 1.82) is 0 Å². The minimum absolute atomic E-state index is 0.0433. The fraction of sp³-hybridized carbons (Fsp3) is 0.357. The highest BCUT2D eigenvalue weighted by atomic mass is 16.6. The Labute approximate surface area is 116 Å². The predicted octanol–water partition coefficient (Wildman–Crippen LogP) is 2.63. The Morgan fingerprint density at radius 1 is 1.45 bits per heavy atom. The number of benzene rings is 1. The molecule has 0 amide bonds. The second-order valence-electron chi connectivity index (χ2n) is 4.83. The van der Waals surface area contributed by atoms with Crippen LogP contribution in [0.3, 0.4) is 0 Å². The van der Waals surface area contributed by atoms with Gasteiger partial charge in [0, 0.05) is 35.4 Å². The maximum Gasteiger partial charge on any atom is 0.270 e.